The average Bonchev–Trinajstić information content (AvgIpc) is 2.71. The molecule has 1 aliphatic carbocycles. The van der Waals surface area contributed by atoms with E-state index >= 15 is 0 Å². The summed E-state index contributed by atoms with van der Waals surface area (Å²) in [5, 5.41) is 7.91. The van der Waals surface area contributed by atoms with Gasteiger partial charge in [-0.1, -0.05) is 0 Å². The van der Waals surface area contributed by atoms with E-state index in [0.29, 0.717) is 5.92 Å². The first kappa shape index (κ1) is 5.83. The molecule has 1 heterocycles. The third kappa shape index (κ3) is 1.01. The normalized spacial score (nSPS) is 17.3. The Labute approximate surface area is 60.3 Å². The molecule has 1 aliphatic rings. The van der Waals surface area contributed by atoms with Gasteiger partial charge in [-0.2, -0.15) is 10.2 Å². The standard InChI is InChI=1S/C8H9N2/c1-6-2-5-8(10-9-6)7-3-4-7/h2,5,7H,1,3-4H2. The SMILES string of the molecule is [CH2]c1ccc(C2CC2)nn1. The smallest absolute Gasteiger partial charge is 0.0662 e. The lowest BCUT2D eigenvalue weighted by molar-refractivity contribution is 0.898. The highest BCUT2D eigenvalue weighted by Gasteiger charge is 2.24. The van der Waals surface area contributed by atoms with Crippen molar-refractivity contribution in [1.82, 2.24) is 10.2 Å². The topological polar surface area (TPSA) is 25.8 Å². The number of aromatic nitrogens is 2. The maximum Gasteiger partial charge on any atom is 0.0662 e. The summed E-state index contributed by atoms with van der Waals surface area (Å²) in [4.78, 5) is 0. The summed E-state index contributed by atoms with van der Waals surface area (Å²) in [7, 11) is 0. The highest BCUT2D eigenvalue weighted by molar-refractivity contribution is 5.16. The molecule has 0 N–H and O–H groups in total. The van der Waals surface area contributed by atoms with Gasteiger partial charge in [-0.25, -0.2) is 0 Å². The Kier molecular flexibility index (Phi) is 1.19. The highest BCUT2D eigenvalue weighted by Crippen LogP contribution is 2.38. The van der Waals surface area contributed by atoms with Gasteiger partial charge in [0.05, 0.1) is 11.4 Å². The van der Waals surface area contributed by atoms with Crippen LogP contribution in [0.25, 0.3) is 0 Å². The Balaban J connectivity index is 2.28. The number of hydrogen-bond acceptors (Lipinski definition) is 2. The number of nitrogens with zero attached hydrogens (tertiary/aromatic N) is 2. The van der Waals surface area contributed by atoms with E-state index in [1.54, 1.807) is 0 Å². The molecule has 2 heteroatoms. The summed E-state index contributed by atoms with van der Waals surface area (Å²) in [6, 6.07) is 3.94. The molecule has 0 atom stereocenters. The van der Waals surface area contributed by atoms with Gasteiger partial charge >= 0.3 is 0 Å². The minimum atomic E-state index is 0.702. The molecule has 1 aromatic rings. The van der Waals surface area contributed by atoms with E-state index in [1.807, 2.05) is 12.1 Å². The summed E-state index contributed by atoms with van der Waals surface area (Å²) < 4.78 is 0. The quantitative estimate of drug-likeness (QED) is 0.580. The second-order valence-corrected chi connectivity index (χ2v) is 2.72. The van der Waals surface area contributed by atoms with E-state index < -0.39 is 0 Å². The van der Waals surface area contributed by atoms with Gasteiger partial charge in [-0.05, 0) is 31.9 Å². The molecule has 1 fully saturated rings. The van der Waals surface area contributed by atoms with Crippen LogP contribution in [-0.4, -0.2) is 10.2 Å². The summed E-state index contributed by atoms with van der Waals surface area (Å²) in [5.74, 6) is 0.702. The minimum absolute atomic E-state index is 0.702. The second-order valence-electron chi connectivity index (χ2n) is 2.72. The molecule has 10 heavy (non-hydrogen) atoms. The molecule has 51 valence electrons. The molecule has 0 amide bonds. The van der Waals surface area contributed by atoms with Crippen LogP contribution in [0.1, 0.15) is 30.1 Å². The van der Waals surface area contributed by atoms with Crippen molar-refractivity contribution in [2.75, 3.05) is 0 Å². The van der Waals surface area contributed by atoms with Gasteiger partial charge in [0.2, 0.25) is 0 Å². The van der Waals surface area contributed by atoms with Crippen molar-refractivity contribution >= 4 is 0 Å². The number of rotatable bonds is 1. The summed E-state index contributed by atoms with van der Waals surface area (Å²) in [5.41, 5.74) is 1.89. The molecule has 0 spiro atoms. The van der Waals surface area contributed by atoms with Crippen LogP contribution in [0, 0.1) is 6.92 Å². The van der Waals surface area contributed by atoms with Crippen molar-refractivity contribution in [2.45, 2.75) is 18.8 Å². The van der Waals surface area contributed by atoms with E-state index in [4.69, 9.17) is 0 Å². The van der Waals surface area contributed by atoms with E-state index in [1.165, 1.54) is 12.8 Å². The molecule has 0 aliphatic heterocycles. The predicted molar refractivity (Wildman–Crippen MR) is 38.5 cm³/mol. The zero-order valence-corrected chi connectivity index (χ0v) is 5.75. The van der Waals surface area contributed by atoms with Crippen molar-refractivity contribution < 1.29 is 0 Å². The largest absolute Gasteiger partial charge is 0.155 e. The minimum Gasteiger partial charge on any atom is -0.155 e. The van der Waals surface area contributed by atoms with Gasteiger partial charge in [0, 0.05) is 5.92 Å². The van der Waals surface area contributed by atoms with E-state index in [0.717, 1.165) is 11.4 Å². The first-order chi connectivity index (χ1) is 4.86. The average molecular weight is 133 g/mol. The fourth-order valence-corrected chi connectivity index (χ4v) is 0.967. The number of hydrogen-bond donors (Lipinski definition) is 0. The zero-order valence-electron chi connectivity index (χ0n) is 5.75. The third-order valence-corrected chi connectivity index (χ3v) is 1.74. The molecule has 1 aromatic heterocycles. The van der Waals surface area contributed by atoms with Gasteiger partial charge < -0.3 is 0 Å². The van der Waals surface area contributed by atoms with E-state index in [2.05, 4.69) is 17.1 Å². The Morgan fingerprint density at radius 2 is 2.10 bits per heavy atom. The van der Waals surface area contributed by atoms with Gasteiger partial charge in [0.25, 0.3) is 0 Å². The van der Waals surface area contributed by atoms with Crippen molar-refractivity contribution in [3.63, 3.8) is 0 Å². The van der Waals surface area contributed by atoms with E-state index in [-0.39, 0.29) is 0 Å². The van der Waals surface area contributed by atoms with Gasteiger partial charge in [-0.3, -0.25) is 0 Å². The van der Waals surface area contributed by atoms with Crippen LogP contribution in [0.2, 0.25) is 0 Å². The monoisotopic (exact) mass is 133 g/mol. The van der Waals surface area contributed by atoms with Crippen molar-refractivity contribution in [3.8, 4) is 0 Å². The van der Waals surface area contributed by atoms with Crippen molar-refractivity contribution in [1.29, 1.82) is 0 Å². The highest BCUT2D eigenvalue weighted by atomic mass is 15.1. The zero-order chi connectivity index (χ0) is 6.97. The molecular weight excluding hydrogens is 124 g/mol. The fraction of sp³-hybridized carbons (Fsp3) is 0.375. The van der Waals surface area contributed by atoms with Crippen LogP contribution in [0.4, 0.5) is 0 Å². The molecular formula is C8H9N2. The summed E-state index contributed by atoms with van der Waals surface area (Å²) >= 11 is 0. The predicted octanol–water partition coefficient (Wildman–Crippen LogP) is 1.54. The molecule has 0 unspecified atom stereocenters. The Morgan fingerprint density at radius 3 is 2.60 bits per heavy atom. The molecule has 0 aromatic carbocycles. The maximum atomic E-state index is 4.03. The first-order valence-electron chi connectivity index (χ1n) is 3.52. The summed E-state index contributed by atoms with van der Waals surface area (Å²) in [6.45, 7) is 3.67. The Morgan fingerprint density at radius 1 is 1.30 bits per heavy atom. The molecule has 1 saturated carbocycles. The molecule has 2 rings (SSSR count). The Bertz CT molecular complexity index is 224. The second kappa shape index (κ2) is 2.04. The summed E-state index contributed by atoms with van der Waals surface area (Å²) in [6.07, 6.45) is 2.57. The van der Waals surface area contributed by atoms with Crippen LogP contribution in [0.15, 0.2) is 12.1 Å². The Hall–Kier alpha value is -0.920. The first-order valence-corrected chi connectivity index (χ1v) is 3.52. The van der Waals surface area contributed by atoms with Crippen LogP contribution < -0.4 is 0 Å². The molecule has 0 saturated heterocycles. The molecule has 2 nitrogen and oxygen atoms in total. The van der Waals surface area contributed by atoms with Crippen LogP contribution in [-0.2, 0) is 0 Å². The maximum absolute atomic E-state index is 4.03. The van der Waals surface area contributed by atoms with Crippen LogP contribution in [0.3, 0.4) is 0 Å². The van der Waals surface area contributed by atoms with Crippen LogP contribution >= 0.6 is 0 Å². The van der Waals surface area contributed by atoms with Gasteiger partial charge in [-0.15, -0.1) is 0 Å². The fourth-order valence-electron chi connectivity index (χ4n) is 0.967. The van der Waals surface area contributed by atoms with Crippen molar-refractivity contribution in [2.24, 2.45) is 0 Å². The van der Waals surface area contributed by atoms with Crippen LogP contribution in [0.5, 0.6) is 0 Å². The lowest BCUT2D eigenvalue weighted by Gasteiger charge is -1.93. The lowest BCUT2D eigenvalue weighted by atomic mass is 10.2. The molecule has 1 radical (unpaired) electrons. The van der Waals surface area contributed by atoms with Gasteiger partial charge in [0.1, 0.15) is 0 Å². The molecule has 0 bridgehead atoms. The van der Waals surface area contributed by atoms with Crippen molar-refractivity contribution in [3.05, 3.63) is 30.4 Å². The van der Waals surface area contributed by atoms with E-state index in [9.17, 15) is 0 Å². The lowest BCUT2D eigenvalue weighted by Crippen LogP contribution is -1.90. The third-order valence-electron chi connectivity index (χ3n) is 1.74. The van der Waals surface area contributed by atoms with Gasteiger partial charge in [0.15, 0.2) is 0 Å².